The summed E-state index contributed by atoms with van der Waals surface area (Å²) in [4.78, 5) is 21.5. The summed E-state index contributed by atoms with van der Waals surface area (Å²) in [6, 6.07) is 12.0. The van der Waals surface area contributed by atoms with Crippen LogP contribution in [0.25, 0.3) is 0 Å². The zero-order valence-corrected chi connectivity index (χ0v) is 16.9. The van der Waals surface area contributed by atoms with Gasteiger partial charge in [0.25, 0.3) is 0 Å². The van der Waals surface area contributed by atoms with Crippen molar-refractivity contribution in [3.63, 3.8) is 0 Å². The van der Waals surface area contributed by atoms with Crippen molar-refractivity contribution in [2.75, 3.05) is 41.3 Å². The summed E-state index contributed by atoms with van der Waals surface area (Å²) in [6.07, 6.45) is 7.44. The fourth-order valence-corrected chi connectivity index (χ4v) is 4.32. The average molecular weight is 399 g/mol. The van der Waals surface area contributed by atoms with Gasteiger partial charge in [-0.1, -0.05) is 36.9 Å². The van der Waals surface area contributed by atoms with Gasteiger partial charge in [-0.15, -0.1) is 0 Å². The Morgan fingerprint density at radius 1 is 0.964 bits per heavy atom. The molecule has 6 heteroatoms. The van der Waals surface area contributed by atoms with Crippen LogP contribution in [0.1, 0.15) is 32.1 Å². The molecular weight excluding hydrogens is 372 g/mol. The number of hydrogen-bond donors (Lipinski definition) is 1. The molecule has 2 fully saturated rings. The van der Waals surface area contributed by atoms with Crippen LogP contribution >= 0.6 is 11.6 Å². The highest BCUT2D eigenvalue weighted by molar-refractivity contribution is 6.30. The molecule has 1 aromatic carbocycles. The average Bonchev–Trinajstić information content (AvgIpc) is 2.75. The molecule has 1 aromatic heterocycles. The Kier molecular flexibility index (Phi) is 6.01. The smallest absolute Gasteiger partial charge is 0.228 e. The van der Waals surface area contributed by atoms with Crippen LogP contribution in [0.5, 0.6) is 0 Å². The van der Waals surface area contributed by atoms with Gasteiger partial charge < -0.3 is 15.1 Å². The predicted octanol–water partition coefficient (Wildman–Crippen LogP) is 4.58. The molecule has 148 valence electrons. The van der Waals surface area contributed by atoms with E-state index in [0.717, 1.165) is 62.6 Å². The van der Waals surface area contributed by atoms with E-state index in [2.05, 4.69) is 32.2 Å². The van der Waals surface area contributed by atoms with Gasteiger partial charge in [0.1, 0.15) is 5.82 Å². The van der Waals surface area contributed by atoms with E-state index < -0.39 is 0 Å². The van der Waals surface area contributed by atoms with Crippen molar-refractivity contribution in [1.82, 2.24) is 4.98 Å². The van der Waals surface area contributed by atoms with E-state index in [1.807, 2.05) is 30.5 Å². The first kappa shape index (κ1) is 19.1. The molecule has 0 spiro atoms. The van der Waals surface area contributed by atoms with Gasteiger partial charge in [0.05, 0.1) is 11.9 Å². The van der Waals surface area contributed by atoms with Crippen LogP contribution in [0.4, 0.5) is 17.2 Å². The van der Waals surface area contributed by atoms with Gasteiger partial charge >= 0.3 is 0 Å². The fraction of sp³-hybridized carbons (Fsp3) is 0.455. The minimum atomic E-state index is 0.120. The van der Waals surface area contributed by atoms with Gasteiger partial charge in [0.15, 0.2) is 0 Å². The van der Waals surface area contributed by atoms with Crippen molar-refractivity contribution < 1.29 is 4.79 Å². The lowest BCUT2D eigenvalue weighted by Crippen LogP contribution is -2.46. The van der Waals surface area contributed by atoms with E-state index in [1.54, 1.807) is 0 Å². The van der Waals surface area contributed by atoms with Crippen LogP contribution in [0, 0.1) is 5.92 Å². The van der Waals surface area contributed by atoms with E-state index in [4.69, 9.17) is 11.6 Å². The monoisotopic (exact) mass is 398 g/mol. The second-order valence-electron chi connectivity index (χ2n) is 7.68. The van der Waals surface area contributed by atoms with Crippen LogP contribution in [-0.2, 0) is 4.79 Å². The Morgan fingerprint density at radius 3 is 2.32 bits per heavy atom. The summed E-state index contributed by atoms with van der Waals surface area (Å²) in [7, 11) is 0. The van der Waals surface area contributed by atoms with E-state index in [0.29, 0.717) is 5.82 Å². The number of anilines is 3. The van der Waals surface area contributed by atoms with Crippen molar-refractivity contribution in [3.05, 3.63) is 47.6 Å². The van der Waals surface area contributed by atoms with Crippen molar-refractivity contribution in [3.8, 4) is 0 Å². The second kappa shape index (κ2) is 8.82. The summed E-state index contributed by atoms with van der Waals surface area (Å²) < 4.78 is 0. The number of aromatic nitrogens is 1. The molecule has 1 N–H and O–H groups in total. The zero-order valence-electron chi connectivity index (χ0n) is 16.1. The van der Waals surface area contributed by atoms with E-state index >= 15 is 0 Å². The number of halogens is 1. The highest BCUT2D eigenvalue weighted by Crippen LogP contribution is 2.26. The molecule has 28 heavy (non-hydrogen) atoms. The number of carbonyl (C=O) groups excluding carboxylic acids is 1. The molecule has 5 nitrogen and oxygen atoms in total. The maximum absolute atomic E-state index is 12.4. The molecule has 2 aromatic rings. The van der Waals surface area contributed by atoms with Crippen molar-refractivity contribution in [1.29, 1.82) is 0 Å². The molecule has 0 unspecified atom stereocenters. The third-order valence-corrected chi connectivity index (χ3v) is 6.03. The minimum Gasteiger partial charge on any atom is -0.368 e. The van der Waals surface area contributed by atoms with Gasteiger partial charge in [0, 0.05) is 42.8 Å². The van der Waals surface area contributed by atoms with Crippen molar-refractivity contribution >= 4 is 34.7 Å². The first-order chi connectivity index (χ1) is 13.7. The van der Waals surface area contributed by atoms with Crippen LogP contribution in [0.3, 0.4) is 0 Å². The normalized spacial score (nSPS) is 18.2. The summed E-state index contributed by atoms with van der Waals surface area (Å²) in [5.74, 6) is 0.918. The van der Waals surface area contributed by atoms with Gasteiger partial charge in [0.2, 0.25) is 5.91 Å². The fourth-order valence-electron chi connectivity index (χ4n) is 4.14. The zero-order chi connectivity index (χ0) is 19.3. The molecule has 0 radical (unpaired) electrons. The van der Waals surface area contributed by atoms with Crippen LogP contribution in [0.2, 0.25) is 5.02 Å². The molecule has 0 bridgehead atoms. The maximum atomic E-state index is 12.4. The minimum absolute atomic E-state index is 0.120. The molecule has 4 rings (SSSR count). The number of nitrogens with one attached hydrogen (secondary N) is 1. The first-order valence-corrected chi connectivity index (χ1v) is 10.6. The molecule has 1 amide bonds. The Morgan fingerprint density at radius 2 is 1.68 bits per heavy atom. The highest BCUT2D eigenvalue weighted by Gasteiger charge is 2.22. The largest absolute Gasteiger partial charge is 0.368 e. The van der Waals surface area contributed by atoms with E-state index in [9.17, 15) is 4.79 Å². The van der Waals surface area contributed by atoms with Crippen molar-refractivity contribution in [2.24, 2.45) is 5.92 Å². The van der Waals surface area contributed by atoms with Gasteiger partial charge in [-0.3, -0.25) is 4.79 Å². The van der Waals surface area contributed by atoms with E-state index in [-0.39, 0.29) is 11.8 Å². The predicted molar refractivity (Wildman–Crippen MR) is 115 cm³/mol. The number of rotatable bonds is 4. The highest BCUT2D eigenvalue weighted by atomic mass is 35.5. The van der Waals surface area contributed by atoms with Gasteiger partial charge in [-0.25, -0.2) is 4.98 Å². The lowest BCUT2D eigenvalue weighted by molar-refractivity contribution is -0.120. The molecule has 1 aliphatic carbocycles. The number of nitrogens with zero attached hydrogens (tertiary/aromatic N) is 3. The molecule has 0 atom stereocenters. The topological polar surface area (TPSA) is 48.5 Å². The quantitative estimate of drug-likeness (QED) is 0.818. The summed E-state index contributed by atoms with van der Waals surface area (Å²) in [6.45, 7) is 3.75. The van der Waals surface area contributed by atoms with Crippen molar-refractivity contribution in [2.45, 2.75) is 32.1 Å². The van der Waals surface area contributed by atoms with Gasteiger partial charge in [-0.2, -0.15) is 0 Å². The molecule has 1 saturated heterocycles. The third-order valence-electron chi connectivity index (χ3n) is 5.79. The number of carbonyl (C=O) groups is 1. The summed E-state index contributed by atoms with van der Waals surface area (Å²) in [5.41, 5.74) is 2.27. The van der Waals surface area contributed by atoms with Crippen LogP contribution < -0.4 is 15.1 Å². The molecule has 2 heterocycles. The van der Waals surface area contributed by atoms with E-state index in [1.165, 1.54) is 12.1 Å². The molecule has 2 aliphatic rings. The Labute approximate surface area is 171 Å². The number of pyridine rings is 1. The lowest BCUT2D eigenvalue weighted by atomic mass is 9.89. The SMILES string of the molecule is O=C(Nc1ccc(N2CCN(c3cccc(Cl)c3)CC2)cn1)C1CCCCC1. The lowest BCUT2D eigenvalue weighted by Gasteiger charge is -2.37. The van der Waals surface area contributed by atoms with Crippen LogP contribution in [0.15, 0.2) is 42.6 Å². The Balaban J connectivity index is 1.31. The van der Waals surface area contributed by atoms with Crippen LogP contribution in [-0.4, -0.2) is 37.1 Å². The summed E-state index contributed by atoms with van der Waals surface area (Å²) >= 11 is 6.11. The first-order valence-electron chi connectivity index (χ1n) is 10.2. The maximum Gasteiger partial charge on any atom is 0.228 e. The third kappa shape index (κ3) is 4.58. The number of hydrogen-bond acceptors (Lipinski definition) is 4. The Bertz CT molecular complexity index is 796. The molecule has 1 aliphatic heterocycles. The molecule has 1 saturated carbocycles. The van der Waals surface area contributed by atoms with Gasteiger partial charge in [-0.05, 0) is 43.2 Å². The number of piperazine rings is 1. The number of amides is 1. The standard InChI is InChI=1S/C22H27ClN4O/c23-18-7-4-8-19(15-18)26-11-13-27(14-12-26)20-9-10-21(24-16-20)25-22(28)17-5-2-1-3-6-17/h4,7-10,15-17H,1-3,5-6,11-14H2,(H,24,25,28). The Hall–Kier alpha value is -2.27. The molecular formula is C22H27ClN4O. The number of benzene rings is 1. The summed E-state index contributed by atoms with van der Waals surface area (Å²) in [5, 5.41) is 3.76. The second-order valence-corrected chi connectivity index (χ2v) is 8.12.